The SMILES string of the molecule is CC.COCOC.COCOC.COCOC. The lowest BCUT2D eigenvalue weighted by molar-refractivity contribution is -0.00282. The third kappa shape index (κ3) is 89.9. The highest BCUT2D eigenvalue weighted by Crippen LogP contribution is 1.61. The van der Waals surface area contributed by atoms with Gasteiger partial charge in [-0.2, -0.15) is 0 Å². The van der Waals surface area contributed by atoms with E-state index < -0.39 is 0 Å². The highest BCUT2D eigenvalue weighted by Gasteiger charge is 1.64. The summed E-state index contributed by atoms with van der Waals surface area (Å²) in [5.74, 6) is 0. The monoisotopic (exact) mass is 258 g/mol. The fraction of sp³-hybridized carbons (Fsp3) is 1.00. The maximum atomic E-state index is 4.47. The minimum Gasteiger partial charge on any atom is -0.359 e. The van der Waals surface area contributed by atoms with E-state index in [1.54, 1.807) is 42.7 Å². The summed E-state index contributed by atoms with van der Waals surface area (Å²) in [6.07, 6.45) is 0. The number of methoxy groups -OCH3 is 6. The molecule has 0 saturated heterocycles. The Morgan fingerprint density at radius 2 is 0.529 bits per heavy atom. The van der Waals surface area contributed by atoms with Gasteiger partial charge >= 0.3 is 0 Å². The van der Waals surface area contributed by atoms with Crippen molar-refractivity contribution >= 4 is 0 Å². The first kappa shape index (κ1) is 25.6. The molecule has 0 aliphatic rings. The molecule has 0 spiro atoms. The molecular weight excluding hydrogens is 228 g/mol. The molecule has 0 aliphatic heterocycles. The molecule has 110 valence electrons. The van der Waals surface area contributed by atoms with Crippen LogP contribution in [0.25, 0.3) is 0 Å². The van der Waals surface area contributed by atoms with Gasteiger partial charge in [0.15, 0.2) is 0 Å². The molecule has 0 aliphatic carbocycles. The fourth-order valence-electron chi connectivity index (χ4n) is 0.354. The predicted octanol–water partition coefficient (Wildman–Crippen LogP) is 1.74. The third-order valence-corrected chi connectivity index (χ3v) is 0.707. The zero-order chi connectivity index (χ0) is 14.4. The van der Waals surface area contributed by atoms with Gasteiger partial charge in [-0.25, -0.2) is 0 Å². The van der Waals surface area contributed by atoms with Gasteiger partial charge in [-0.1, -0.05) is 13.8 Å². The van der Waals surface area contributed by atoms with Crippen LogP contribution in [0.2, 0.25) is 0 Å². The van der Waals surface area contributed by atoms with Crippen LogP contribution in [-0.2, 0) is 28.4 Å². The van der Waals surface area contributed by atoms with Gasteiger partial charge in [0.2, 0.25) is 0 Å². The van der Waals surface area contributed by atoms with Crippen LogP contribution in [0.4, 0.5) is 0 Å². The zero-order valence-corrected chi connectivity index (χ0v) is 12.6. The number of ether oxygens (including phenoxy) is 6. The molecule has 0 radical (unpaired) electrons. The molecule has 0 N–H and O–H groups in total. The van der Waals surface area contributed by atoms with Crippen LogP contribution in [-0.4, -0.2) is 63.0 Å². The van der Waals surface area contributed by atoms with Crippen molar-refractivity contribution < 1.29 is 28.4 Å². The van der Waals surface area contributed by atoms with Gasteiger partial charge in [-0.05, 0) is 0 Å². The van der Waals surface area contributed by atoms with E-state index >= 15 is 0 Å². The van der Waals surface area contributed by atoms with Crippen molar-refractivity contribution in [2.45, 2.75) is 13.8 Å². The summed E-state index contributed by atoms with van der Waals surface area (Å²) >= 11 is 0. The molecule has 0 unspecified atom stereocenters. The summed E-state index contributed by atoms with van der Waals surface area (Å²) in [7, 11) is 9.52. The van der Waals surface area contributed by atoms with E-state index in [2.05, 4.69) is 28.4 Å². The van der Waals surface area contributed by atoms with E-state index in [9.17, 15) is 0 Å². The first-order chi connectivity index (χ1) is 8.24. The van der Waals surface area contributed by atoms with E-state index in [0.717, 1.165) is 0 Å². The number of hydrogen-bond acceptors (Lipinski definition) is 6. The Labute approximate surface area is 106 Å². The molecular formula is C11H30O6. The molecule has 0 rings (SSSR count). The molecule has 6 heteroatoms. The summed E-state index contributed by atoms with van der Waals surface area (Å²) in [6, 6.07) is 0. The average Bonchev–Trinajstić information content (AvgIpc) is 2.36. The van der Waals surface area contributed by atoms with Gasteiger partial charge in [0.05, 0.1) is 0 Å². The average molecular weight is 258 g/mol. The Kier molecular flexibility index (Phi) is 67.3. The molecule has 17 heavy (non-hydrogen) atoms. The van der Waals surface area contributed by atoms with E-state index in [-0.39, 0.29) is 0 Å². The molecule has 0 saturated carbocycles. The van der Waals surface area contributed by atoms with Crippen molar-refractivity contribution in [2.24, 2.45) is 0 Å². The van der Waals surface area contributed by atoms with Crippen molar-refractivity contribution in [2.75, 3.05) is 63.0 Å². The molecule has 6 nitrogen and oxygen atoms in total. The van der Waals surface area contributed by atoms with Gasteiger partial charge in [-0.3, -0.25) is 0 Å². The minimum absolute atomic E-state index is 0.389. The lowest BCUT2D eigenvalue weighted by Gasteiger charge is -1.87. The van der Waals surface area contributed by atoms with Gasteiger partial charge in [0, 0.05) is 42.7 Å². The molecule has 0 aromatic rings. The Bertz CT molecular complexity index is 52.7. The predicted molar refractivity (Wildman–Crippen MR) is 68.0 cm³/mol. The van der Waals surface area contributed by atoms with E-state index in [0.29, 0.717) is 20.4 Å². The van der Waals surface area contributed by atoms with Crippen LogP contribution in [0, 0.1) is 0 Å². The number of rotatable bonds is 6. The maximum Gasteiger partial charge on any atom is 0.145 e. The molecule has 0 amide bonds. The highest BCUT2D eigenvalue weighted by molar-refractivity contribution is 3.85. The summed E-state index contributed by atoms with van der Waals surface area (Å²) < 4.78 is 26.8. The largest absolute Gasteiger partial charge is 0.359 e. The normalized spacial score (nSPS) is 7.76. The van der Waals surface area contributed by atoms with Gasteiger partial charge in [0.25, 0.3) is 0 Å². The van der Waals surface area contributed by atoms with Gasteiger partial charge in [-0.15, -0.1) is 0 Å². The summed E-state index contributed by atoms with van der Waals surface area (Å²) in [5, 5.41) is 0. The van der Waals surface area contributed by atoms with E-state index in [1.807, 2.05) is 13.8 Å². The van der Waals surface area contributed by atoms with Crippen LogP contribution < -0.4 is 0 Å². The van der Waals surface area contributed by atoms with Crippen LogP contribution >= 0.6 is 0 Å². The summed E-state index contributed by atoms with van der Waals surface area (Å²) in [5.41, 5.74) is 0. The van der Waals surface area contributed by atoms with Crippen molar-refractivity contribution in [1.82, 2.24) is 0 Å². The Hall–Kier alpha value is -0.240. The second kappa shape index (κ2) is 44.7. The first-order valence-electron chi connectivity index (χ1n) is 5.18. The van der Waals surface area contributed by atoms with Crippen LogP contribution in [0.15, 0.2) is 0 Å². The topological polar surface area (TPSA) is 55.4 Å². The Balaban J connectivity index is -0.0000000693. The smallest absolute Gasteiger partial charge is 0.145 e. The van der Waals surface area contributed by atoms with Crippen molar-refractivity contribution in [3.05, 3.63) is 0 Å². The molecule has 0 aromatic heterocycles. The Morgan fingerprint density at radius 1 is 0.412 bits per heavy atom. The quantitative estimate of drug-likeness (QED) is 0.676. The van der Waals surface area contributed by atoms with Crippen molar-refractivity contribution in [1.29, 1.82) is 0 Å². The lowest BCUT2D eigenvalue weighted by Crippen LogP contribution is -1.87. The lowest BCUT2D eigenvalue weighted by atomic mass is 11.0. The Morgan fingerprint density at radius 3 is 0.529 bits per heavy atom. The second-order valence-corrected chi connectivity index (χ2v) is 2.09. The van der Waals surface area contributed by atoms with Gasteiger partial charge in [0.1, 0.15) is 20.4 Å². The first-order valence-corrected chi connectivity index (χ1v) is 5.18. The van der Waals surface area contributed by atoms with Gasteiger partial charge < -0.3 is 28.4 Å². The van der Waals surface area contributed by atoms with Crippen LogP contribution in [0.3, 0.4) is 0 Å². The summed E-state index contributed by atoms with van der Waals surface area (Å²) in [6.45, 7) is 5.17. The summed E-state index contributed by atoms with van der Waals surface area (Å²) in [4.78, 5) is 0. The minimum atomic E-state index is 0.389. The molecule has 0 fully saturated rings. The number of hydrogen-bond donors (Lipinski definition) is 0. The molecule has 0 aromatic carbocycles. The molecule has 0 bridgehead atoms. The van der Waals surface area contributed by atoms with E-state index in [4.69, 9.17) is 0 Å². The van der Waals surface area contributed by atoms with Crippen molar-refractivity contribution in [3.8, 4) is 0 Å². The maximum absolute atomic E-state index is 4.47. The van der Waals surface area contributed by atoms with Crippen molar-refractivity contribution in [3.63, 3.8) is 0 Å². The fourth-order valence-corrected chi connectivity index (χ4v) is 0.354. The van der Waals surface area contributed by atoms with Crippen LogP contribution in [0.1, 0.15) is 13.8 Å². The van der Waals surface area contributed by atoms with Crippen LogP contribution in [0.5, 0.6) is 0 Å². The second-order valence-electron chi connectivity index (χ2n) is 2.09. The van der Waals surface area contributed by atoms with E-state index in [1.165, 1.54) is 0 Å². The molecule has 0 atom stereocenters. The molecule has 0 heterocycles. The highest BCUT2D eigenvalue weighted by atomic mass is 16.7. The zero-order valence-electron chi connectivity index (χ0n) is 12.6. The third-order valence-electron chi connectivity index (χ3n) is 0.707. The standard InChI is InChI=1S/3C3H8O2.C2H6/c3*1-4-3-5-2;1-2/h3*3H2,1-2H3;1-2H3.